The Labute approximate surface area is 108 Å². The molecular formula is C18H15. The lowest BCUT2D eigenvalue weighted by molar-refractivity contribution is 1.13. The number of benzene rings is 2. The minimum atomic E-state index is 0.988. The molecule has 0 heteroatoms. The average Bonchev–Trinajstić information content (AvgIpc) is 2.84. The highest BCUT2D eigenvalue weighted by atomic mass is 14.2. The van der Waals surface area contributed by atoms with Gasteiger partial charge in [-0.1, -0.05) is 78.9 Å². The first-order valence-electron chi connectivity index (χ1n) is 6.28. The molecule has 0 N–H and O–H groups in total. The quantitative estimate of drug-likeness (QED) is 0.715. The van der Waals surface area contributed by atoms with Gasteiger partial charge in [-0.3, -0.25) is 0 Å². The number of rotatable bonds is 3. The van der Waals surface area contributed by atoms with Gasteiger partial charge in [0.05, 0.1) is 0 Å². The number of fused-ring (bicyclic) bond motifs is 1. The lowest BCUT2D eigenvalue weighted by atomic mass is 9.97. The summed E-state index contributed by atoms with van der Waals surface area (Å²) < 4.78 is 0. The molecule has 0 aromatic heterocycles. The maximum Gasteiger partial charge on any atom is 0.0310 e. The molecule has 3 rings (SSSR count). The van der Waals surface area contributed by atoms with Gasteiger partial charge in [-0.25, -0.2) is 0 Å². The third-order valence-corrected chi connectivity index (χ3v) is 3.22. The first-order chi connectivity index (χ1) is 8.93. The van der Waals surface area contributed by atoms with Crippen LogP contribution in [0.1, 0.15) is 23.1 Å². The highest BCUT2D eigenvalue weighted by molar-refractivity contribution is 5.69. The molecule has 0 amide bonds. The third-order valence-electron chi connectivity index (χ3n) is 3.22. The maximum absolute atomic E-state index is 2.23. The number of allylic oxidation sites excluding steroid dienone is 2. The van der Waals surface area contributed by atoms with Gasteiger partial charge in [0.1, 0.15) is 0 Å². The molecule has 0 unspecified atom stereocenters. The van der Waals surface area contributed by atoms with Gasteiger partial charge in [-0.15, -0.1) is 0 Å². The van der Waals surface area contributed by atoms with E-state index in [1.54, 1.807) is 0 Å². The van der Waals surface area contributed by atoms with Gasteiger partial charge in [0.15, 0.2) is 0 Å². The minimum Gasteiger partial charge on any atom is -0.0827 e. The van der Waals surface area contributed by atoms with Crippen LogP contribution in [0, 0.1) is 5.92 Å². The third kappa shape index (κ3) is 2.28. The van der Waals surface area contributed by atoms with Gasteiger partial charge in [0, 0.05) is 5.92 Å². The van der Waals surface area contributed by atoms with Crippen LogP contribution in [-0.4, -0.2) is 0 Å². The number of hydrogen-bond acceptors (Lipinski definition) is 0. The van der Waals surface area contributed by atoms with Gasteiger partial charge in [-0.2, -0.15) is 0 Å². The summed E-state index contributed by atoms with van der Waals surface area (Å²) in [5.41, 5.74) is 3.96. The molecule has 87 valence electrons. The van der Waals surface area contributed by atoms with E-state index in [9.17, 15) is 0 Å². The Morgan fingerprint density at radius 2 is 1.56 bits per heavy atom. The molecule has 2 aromatic rings. The molecule has 0 nitrogen and oxygen atoms in total. The van der Waals surface area contributed by atoms with E-state index in [4.69, 9.17) is 0 Å². The number of hydrogen-bond donors (Lipinski definition) is 0. The normalized spacial score (nSPS) is 14.2. The summed E-state index contributed by atoms with van der Waals surface area (Å²) in [4.78, 5) is 0. The van der Waals surface area contributed by atoms with Crippen molar-refractivity contribution in [1.29, 1.82) is 0 Å². The first-order valence-corrected chi connectivity index (χ1v) is 6.28. The summed E-state index contributed by atoms with van der Waals surface area (Å²) in [6.07, 6.45) is 9.82. The van der Waals surface area contributed by atoms with Crippen molar-refractivity contribution in [2.24, 2.45) is 0 Å². The molecule has 0 atom stereocenters. The van der Waals surface area contributed by atoms with E-state index in [1.807, 2.05) is 6.07 Å². The molecule has 0 saturated carbocycles. The van der Waals surface area contributed by atoms with E-state index in [2.05, 4.69) is 72.8 Å². The van der Waals surface area contributed by atoms with Crippen LogP contribution in [0.2, 0.25) is 0 Å². The summed E-state index contributed by atoms with van der Waals surface area (Å²) in [5.74, 6) is 1.40. The second kappa shape index (κ2) is 5.05. The zero-order chi connectivity index (χ0) is 12.2. The van der Waals surface area contributed by atoms with Crippen LogP contribution in [0.3, 0.4) is 0 Å². The van der Waals surface area contributed by atoms with Crippen molar-refractivity contribution in [2.75, 3.05) is 0 Å². The second-order valence-corrected chi connectivity index (χ2v) is 4.46. The molecule has 0 saturated heterocycles. The molecule has 0 fully saturated rings. The van der Waals surface area contributed by atoms with E-state index in [0.717, 1.165) is 6.42 Å². The Bertz CT molecular complexity index is 576. The Morgan fingerprint density at radius 3 is 2.44 bits per heavy atom. The van der Waals surface area contributed by atoms with E-state index in [-0.39, 0.29) is 0 Å². The summed E-state index contributed by atoms with van der Waals surface area (Å²) in [5, 5.41) is 0. The zero-order valence-corrected chi connectivity index (χ0v) is 10.2. The fraction of sp³-hybridized carbons (Fsp3) is 0.0556. The average molecular weight is 231 g/mol. The molecule has 1 radical (unpaired) electrons. The standard InChI is InChI=1S/C18H15/c1-2-7-15(8-3-1)9-6-11-17-14-13-16-10-4-5-12-18(16)17/h1-10,12-14H,11H2/b9-6+. The van der Waals surface area contributed by atoms with Crippen molar-refractivity contribution in [3.8, 4) is 0 Å². The molecular weight excluding hydrogens is 216 g/mol. The van der Waals surface area contributed by atoms with Crippen molar-refractivity contribution in [2.45, 2.75) is 6.42 Å². The Kier molecular flexibility index (Phi) is 3.10. The van der Waals surface area contributed by atoms with Crippen molar-refractivity contribution in [3.05, 3.63) is 89.4 Å². The monoisotopic (exact) mass is 231 g/mol. The molecule has 18 heavy (non-hydrogen) atoms. The van der Waals surface area contributed by atoms with E-state index in [0.29, 0.717) is 0 Å². The van der Waals surface area contributed by atoms with Crippen LogP contribution in [-0.2, 0) is 0 Å². The van der Waals surface area contributed by atoms with Crippen LogP contribution in [0.15, 0.2) is 66.7 Å². The lowest BCUT2D eigenvalue weighted by Gasteiger charge is -2.06. The van der Waals surface area contributed by atoms with Crippen LogP contribution < -0.4 is 0 Å². The van der Waals surface area contributed by atoms with Crippen LogP contribution in [0.4, 0.5) is 0 Å². The van der Waals surface area contributed by atoms with Gasteiger partial charge < -0.3 is 0 Å². The zero-order valence-electron chi connectivity index (χ0n) is 10.2. The topological polar surface area (TPSA) is 0 Å². The fourth-order valence-electron chi connectivity index (χ4n) is 2.28. The maximum atomic E-state index is 2.23. The summed E-state index contributed by atoms with van der Waals surface area (Å²) in [6, 6.07) is 19.0. The van der Waals surface area contributed by atoms with Crippen molar-refractivity contribution < 1.29 is 0 Å². The van der Waals surface area contributed by atoms with E-state index in [1.165, 1.54) is 22.6 Å². The molecule has 2 aromatic carbocycles. The minimum absolute atomic E-state index is 0.988. The van der Waals surface area contributed by atoms with Gasteiger partial charge >= 0.3 is 0 Å². The SMILES string of the molecule is C1=Cc2ccccc2[C]1C/C=C/c1ccccc1. The van der Waals surface area contributed by atoms with Crippen molar-refractivity contribution in [1.82, 2.24) is 0 Å². The second-order valence-electron chi connectivity index (χ2n) is 4.46. The van der Waals surface area contributed by atoms with Crippen LogP contribution in [0.5, 0.6) is 0 Å². The Balaban J connectivity index is 1.69. The molecule has 0 heterocycles. The summed E-state index contributed by atoms with van der Waals surface area (Å²) >= 11 is 0. The Hall–Kier alpha value is -2.08. The highest BCUT2D eigenvalue weighted by Gasteiger charge is 2.15. The van der Waals surface area contributed by atoms with Crippen molar-refractivity contribution >= 4 is 12.2 Å². The highest BCUT2D eigenvalue weighted by Crippen LogP contribution is 2.31. The lowest BCUT2D eigenvalue weighted by Crippen LogP contribution is -1.91. The van der Waals surface area contributed by atoms with Gasteiger partial charge in [-0.05, 0) is 23.1 Å². The summed E-state index contributed by atoms with van der Waals surface area (Å²) in [6.45, 7) is 0. The fourth-order valence-corrected chi connectivity index (χ4v) is 2.28. The molecule has 1 aliphatic carbocycles. The molecule has 0 bridgehead atoms. The summed E-state index contributed by atoms with van der Waals surface area (Å²) in [7, 11) is 0. The molecule has 0 aliphatic heterocycles. The largest absolute Gasteiger partial charge is 0.0827 e. The van der Waals surface area contributed by atoms with E-state index >= 15 is 0 Å². The van der Waals surface area contributed by atoms with E-state index < -0.39 is 0 Å². The molecule has 0 spiro atoms. The van der Waals surface area contributed by atoms with Crippen LogP contribution in [0.25, 0.3) is 12.2 Å². The van der Waals surface area contributed by atoms with Crippen molar-refractivity contribution in [3.63, 3.8) is 0 Å². The van der Waals surface area contributed by atoms with Crippen LogP contribution >= 0.6 is 0 Å². The Morgan fingerprint density at radius 1 is 0.778 bits per heavy atom. The van der Waals surface area contributed by atoms with Gasteiger partial charge in [0.2, 0.25) is 0 Å². The molecule has 1 aliphatic rings. The smallest absolute Gasteiger partial charge is 0.0310 e. The predicted octanol–water partition coefficient (Wildman–Crippen LogP) is 4.74. The predicted molar refractivity (Wildman–Crippen MR) is 77.9 cm³/mol. The van der Waals surface area contributed by atoms with Gasteiger partial charge in [0.25, 0.3) is 0 Å². The first kappa shape index (κ1) is 11.0.